The highest BCUT2D eigenvalue weighted by Crippen LogP contribution is 2.37. The van der Waals surface area contributed by atoms with Crippen LogP contribution in [-0.4, -0.2) is 126 Å². The van der Waals surface area contributed by atoms with Crippen molar-refractivity contribution in [2.75, 3.05) is 39.6 Å². The Morgan fingerprint density at radius 2 is 0.932 bits per heavy atom. The summed E-state index contributed by atoms with van der Waals surface area (Å²) in [6.07, 6.45) is -4.45. The first kappa shape index (κ1) is 52.4. The van der Waals surface area contributed by atoms with Gasteiger partial charge in [-0.2, -0.15) is 0 Å². The highest BCUT2D eigenvalue weighted by molar-refractivity contribution is 6.62. The second-order valence-corrected chi connectivity index (χ2v) is 17.9. The van der Waals surface area contributed by atoms with Crippen molar-refractivity contribution in [3.8, 4) is 11.5 Å². The number of aliphatic hydroxyl groups excluding tert-OH is 1. The molecule has 0 amide bonds. The fraction of sp³-hybridized carbons (Fsp3) is 0.370. The molecule has 8 atom stereocenters. The minimum absolute atomic E-state index is 0.105. The molecule has 1 N–H and O–H groups in total. The number of aliphatic hydroxyl groups is 1. The van der Waals surface area contributed by atoms with Crippen LogP contribution in [0.25, 0.3) is 21.8 Å². The predicted octanol–water partition coefficient (Wildman–Crippen LogP) is 5.61. The Labute approximate surface area is 424 Å². The minimum Gasteiger partial charge on any atom is -0.483 e. The van der Waals surface area contributed by atoms with E-state index in [1.807, 2.05) is 103 Å². The summed E-state index contributed by atoms with van der Waals surface area (Å²) in [5.41, 5.74) is 1.76. The van der Waals surface area contributed by atoms with E-state index in [9.17, 15) is 33.9 Å². The number of aromatic nitrogens is 2. The topological polar surface area (TPSA) is 216 Å². The molecule has 0 unspecified atom stereocenters. The maximum atomic E-state index is 13.8. The summed E-state index contributed by atoms with van der Waals surface area (Å²) in [4.78, 5) is 74.1. The average Bonchev–Trinajstić information content (AvgIpc) is 4.17. The first-order valence-corrected chi connectivity index (χ1v) is 24.2. The number of halogens is 1. The van der Waals surface area contributed by atoms with E-state index < -0.39 is 77.9 Å². The summed E-state index contributed by atoms with van der Waals surface area (Å²) in [6, 6.07) is 33.7. The van der Waals surface area contributed by atoms with Gasteiger partial charge < -0.3 is 56.9 Å². The van der Waals surface area contributed by atoms with Crippen molar-refractivity contribution in [1.82, 2.24) is 9.13 Å². The monoisotopic (exact) mass is 1020 g/mol. The molecule has 6 heterocycles. The Balaban J connectivity index is 0.000000182. The van der Waals surface area contributed by atoms with E-state index in [2.05, 4.69) is 11.6 Å². The van der Waals surface area contributed by atoms with E-state index in [1.54, 1.807) is 29.0 Å². The van der Waals surface area contributed by atoms with Crippen LogP contribution in [-0.2, 0) is 55.8 Å². The fourth-order valence-corrected chi connectivity index (χ4v) is 9.30. The van der Waals surface area contributed by atoms with E-state index in [4.69, 9.17) is 42.6 Å². The average molecular weight is 1020 g/mol. The number of hydrogen-bond acceptors (Lipinski definition) is 16. The van der Waals surface area contributed by atoms with Gasteiger partial charge in [-0.3, -0.25) is 19.2 Å². The molecule has 0 spiro atoms. The summed E-state index contributed by atoms with van der Waals surface area (Å²) in [5.74, 6) is -1.64. The van der Waals surface area contributed by atoms with Gasteiger partial charge in [0.25, 0.3) is 11.1 Å². The van der Waals surface area contributed by atoms with Gasteiger partial charge in [0.1, 0.15) is 42.0 Å². The summed E-state index contributed by atoms with van der Waals surface area (Å²) >= 11 is 4.64. The van der Waals surface area contributed by atoms with E-state index in [-0.39, 0.29) is 74.1 Å². The zero-order valence-corrected chi connectivity index (χ0v) is 41.3. The molecule has 18 nitrogen and oxygen atoms in total. The van der Waals surface area contributed by atoms with E-state index in [0.29, 0.717) is 28.4 Å². The number of carbonyl (C=O) groups is 4. The number of fused-ring (bicyclic) bond motifs is 4. The van der Waals surface area contributed by atoms with Gasteiger partial charge in [-0.15, -0.1) is 0 Å². The first-order chi connectivity index (χ1) is 35.3. The van der Waals surface area contributed by atoms with Crippen LogP contribution in [0.4, 0.5) is 0 Å². The number of nitrogens with zero attached hydrogens (tertiary/aromatic N) is 2. The van der Waals surface area contributed by atoms with Crippen LogP contribution in [0.15, 0.2) is 119 Å². The molecule has 0 bridgehead atoms. The lowest BCUT2D eigenvalue weighted by molar-refractivity contribution is -0.151. The van der Waals surface area contributed by atoms with Crippen molar-refractivity contribution in [2.45, 2.75) is 89.6 Å². The molecular weight excluding hydrogens is 968 g/mol. The molecule has 0 saturated carbocycles. The van der Waals surface area contributed by atoms with Crippen molar-refractivity contribution in [1.29, 1.82) is 0 Å². The molecule has 4 fully saturated rings. The largest absolute Gasteiger partial charge is 0.483 e. The third-order valence-electron chi connectivity index (χ3n) is 12.4. The lowest BCUT2D eigenvalue weighted by Crippen LogP contribution is -2.37. The normalized spacial score (nSPS) is 22.5. The summed E-state index contributed by atoms with van der Waals surface area (Å²) in [5, 5.41) is 10.9. The van der Waals surface area contributed by atoms with Gasteiger partial charge >= 0.3 is 17.9 Å². The van der Waals surface area contributed by atoms with Gasteiger partial charge in [-0.05, 0) is 60.8 Å². The molecule has 4 aromatic carbocycles. The molecule has 0 aliphatic carbocycles. The molecule has 73 heavy (non-hydrogen) atoms. The van der Waals surface area contributed by atoms with Gasteiger partial charge in [0, 0.05) is 24.6 Å². The van der Waals surface area contributed by atoms with Gasteiger partial charge in [-0.1, -0.05) is 84.9 Å². The van der Waals surface area contributed by atoms with Crippen LogP contribution in [0, 0.1) is 0 Å². The lowest BCUT2D eigenvalue weighted by Gasteiger charge is -2.22. The lowest BCUT2D eigenvalue weighted by atomic mass is 10.1. The second-order valence-electron chi connectivity index (χ2n) is 17.3. The highest BCUT2D eigenvalue weighted by atomic mass is 35.5. The van der Waals surface area contributed by atoms with Crippen molar-refractivity contribution >= 4 is 56.6 Å². The van der Waals surface area contributed by atoms with Crippen LogP contribution >= 0.6 is 11.6 Å². The second kappa shape index (κ2) is 23.7. The Morgan fingerprint density at radius 3 is 1.37 bits per heavy atom. The van der Waals surface area contributed by atoms with Crippen LogP contribution in [0.1, 0.15) is 59.5 Å². The minimum atomic E-state index is -0.759. The van der Waals surface area contributed by atoms with Crippen molar-refractivity contribution in [2.24, 2.45) is 0 Å². The quantitative estimate of drug-likeness (QED) is 0.0846. The van der Waals surface area contributed by atoms with E-state index >= 15 is 0 Å². The van der Waals surface area contributed by atoms with Gasteiger partial charge in [0.15, 0.2) is 29.4 Å². The third-order valence-corrected chi connectivity index (χ3v) is 12.4. The van der Waals surface area contributed by atoms with E-state index in [1.165, 1.54) is 13.8 Å². The summed E-state index contributed by atoms with van der Waals surface area (Å²) < 4.78 is 54.5. The van der Waals surface area contributed by atoms with Gasteiger partial charge in [0.2, 0.25) is 5.24 Å². The van der Waals surface area contributed by atoms with Crippen LogP contribution in [0.5, 0.6) is 11.5 Å². The van der Waals surface area contributed by atoms with Gasteiger partial charge in [-0.25, -0.2) is 9.59 Å². The number of para-hydroxylation sites is 2. The fourth-order valence-electron chi connectivity index (χ4n) is 9.30. The Kier molecular flexibility index (Phi) is 17.0. The zero-order chi connectivity index (χ0) is 51.8. The molecular formula is C54H55ClN2O16. The summed E-state index contributed by atoms with van der Waals surface area (Å²) in [7, 11) is 0. The molecule has 6 aromatic rings. The predicted molar refractivity (Wildman–Crippen MR) is 265 cm³/mol. The van der Waals surface area contributed by atoms with Crippen molar-refractivity contribution in [3.63, 3.8) is 0 Å². The number of ether oxygens (including phenoxy) is 9. The maximum absolute atomic E-state index is 13.8. The first-order valence-electron chi connectivity index (χ1n) is 23.8. The molecule has 0 radical (unpaired) electrons. The number of benzene rings is 4. The molecule has 10 rings (SSSR count). The van der Waals surface area contributed by atoms with Crippen molar-refractivity contribution < 1.29 is 66.9 Å². The summed E-state index contributed by atoms with van der Waals surface area (Å²) in [6.45, 7) is 7.44. The van der Waals surface area contributed by atoms with Gasteiger partial charge in [0.05, 0.1) is 63.8 Å². The molecule has 4 aliphatic rings. The molecule has 2 aromatic heterocycles. The van der Waals surface area contributed by atoms with Crippen LogP contribution in [0.2, 0.25) is 0 Å². The third kappa shape index (κ3) is 11.6. The Hall–Kier alpha value is -6.93. The van der Waals surface area contributed by atoms with E-state index in [0.717, 1.165) is 11.1 Å². The van der Waals surface area contributed by atoms with Crippen LogP contribution < -0.4 is 20.6 Å². The highest BCUT2D eigenvalue weighted by Gasteiger charge is 2.51. The van der Waals surface area contributed by atoms with Crippen molar-refractivity contribution in [3.05, 3.63) is 152 Å². The SMILES string of the molecule is CC(=O)Cl.CCOC(=O)c1c(O[C@H]2CO[C@H]3[C@@H]2OC[C@@H]3O)c2ccccc2n(Cc2ccccc2)c1=O.CCOC(=O)c1c(O[C@H]2CO[C@H]3[C@@H]2OC[C@@H]3OC(C)=O)c2ccccc2n(Cc2ccccc2)c1=O. The molecule has 4 aliphatic heterocycles. The number of hydrogen-bond donors (Lipinski definition) is 1. The molecule has 19 heteroatoms. The number of pyridine rings is 2. The number of esters is 3. The number of carbonyl (C=O) groups excluding carboxylic acids is 4. The molecule has 4 saturated heterocycles. The Morgan fingerprint density at radius 1 is 0.562 bits per heavy atom. The maximum Gasteiger partial charge on any atom is 0.347 e. The Bertz CT molecular complexity index is 3070. The zero-order valence-electron chi connectivity index (χ0n) is 40.5. The smallest absolute Gasteiger partial charge is 0.347 e. The van der Waals surface area contributed by atoms with Crippen LogP contribution in [0.3, 0.4) is 0 Å². The molecule has 384 valence electrons. The number of rotatable bonds is 13. The standard InChI is InChI=1S/C27H27NO8.C25H25NO7.C2H3ClO/c1-3-32-27(31)22-23(36-21-15-34-24-20(35-16(2)29)14-33-25(21)24)18-11-7-8-12-19(18)28(26(22)30)13-17-9-5-4-6-10-17;1-2-30-25(29)20-21(33-19-14-32-22-18(27)13-31-23(19)22)16-10-6-7-11-17(16)26(24(20)28)12-15-8-4-3-5-9-15;1-2(3)4/h4-12,20-21,24-25H,3,13-15H2,1-2H3;3-11,18-19,22-23,27H,2,12-14H2,1H3;1H3/t20-,21-,24+,25+;18-,19-,22+,23+;/m00./s1.